The molecule has 1 heterocycles. The molecule has 0 aromatic rings. The lowest BCUT2D eigenvalue weighted by atomic mass is 10.1. The molecule has 0 bridgehead atoms. The zero-order chi connectivity index (χ0) is 11.4. The number of carboxylic acids is 1. The zero-order valence-corrected chi connectivity index (χ0v) is 9.65. The van der Waals surface area contributed by atoms with Crippen molar-refractivity contribution in [2.24, 2.45) is 11.7 Å². The van der Waals surface area contributed by atoms with Crippen molar-refractivity contribution in [3.05, 3.63) is 0 Å². The van der Waals surface area contributed by atoms with Gasteiger partial charge in [0.05, 0.1) is 0 Å². The van der Waals surface area contributed by atoms with Crippen LogP contribution in [0.2, 0.25) is 0 Å². The first kappa shape index (κ1) is 12.5. The summed E-state index contributed by atoms with van der Waals surface area (Å²) in [5.74, 6) is -0.222. The van der Waals surface area contributed by atoms with Crippen LogP contribution in [0.25, 0.3) is 0 Å². The first-order valence-corrected chi connectivity index (χ1v) is 5.78. The van der Waals surface area contributed by atoms with Gasteiger partial charge in [0.2, 0.25) is 0 Å². The van der Waals surface area contributed by atoms with E-state index in [1.165, 1.54) is 0 Å². The van der Waals surface area contributed by atoms with Gasteiger partial charge in [-0.2, -0.15) is 0 Å². The number of nitrogens with two attached hydrogens (primary N) is 1. The molecule has 0 aliphatic carbocycles. The van der Waals surface area contributed by atoms with E-state index in [2.05, 4.69) is 11.8 Å². The Morgan fingerprint density at radius 2 is 2.33 bits per heavy atom. The summed E-state index contributed by atoms with van der Waals surface area (Å²) < 4.78 is 0. The van der Waals surface area contributed by atoms with Crippen LogP contribution in [0.5, 0.6) is 0 Å². The molecule has 0 aromatic heterocycles. The predicted octanol–water partition coefficient (Wildman–Crippen LogP) is 0.909. The van der Waals surface area contributed by atoms with Crippen molar-refractivity contribution in [1.29, 1.82) is 0 Å². The SMILES string of the molecule is CCCC(C(=O)O)N1CC(CN)CC1C. The normalized spacial score (nSPS) is 29.3. The van der Waals surface area contributed by atoms with Crippen LogP contribution in [-0.2, 0) is 4.79 Å². The number of carboxylic acid groups (broad SMARTS) is 1. The first-order chi connectivity index (χ1) is 7.10. The number of likely N-dealkylation sites (tertiary alicyclic amines) is 1. The smallest absolute Gasteiger partial charge is 0.320 e. The van der Waals surface area contributed by atoms with Crippen LogP contribution in [0.15, 0.2) is 0 Å². The number of carbonyl (C=O) groups is 1. The second-order valence-corrected chi connectivity index (χ2v) is 4.53. The maximum Gasteiger partial charge on any atom is 0.320 e. The Hall–Kier alpha value is -0.610. The lowest BCUT2D eigenvalue weighted by Gasteiger charge is -2.28. The summed E-state index contributed by atoms with van der Waals surface area (Å²) in [4.78, 5) is 13.2. The summed E-state index contributed by atoms with van der Waals surface area (Å²) in [5.41, 5.74) is 5.63. The Balaban J connectivity index is 2.63. The standard InChI is InChI=1S/C11H22N2O2/c1-3-4-10(11(14)15)13-7-9(6-12)5-8(13)2/h8-10H,3-7,12H2,1-2H3,(H,14,15). The highest BCUT2D eigenvalue weighted by molar-refractivity contribution is 5.73. The summed E-state index contributed by atoms with van der Waals surface area (Å²) in [6.07, 6.45) is 2.68. The highest BCUT2D eigenvalue weighted by atomic mass is 16.4. The summed E-state index contributed by atoms with van der Waals surface area (Å²) >= 11 is 0. The zero-order valence-electron chi connectivity index (χ0n) is 9.65. The van der Waals surface area contributed by atoms with Crippen LogP contribution in [0.3, 0.4) is 0 Å². The molecule has 0 amide bonds. The van der Waals surface area contributed by atoms with Crippen LogP contribution in [-0.4, -0.2) is 41.1 Å². The van der Waals surface area contributed by atoms with Crippen LogP contribution < -0.4 is 5.73 Å². The molecule has 4 heteroatoms. The number of nitrogens with zero attached hydrogens (tertiary/aromatic N) is 1. The van der Waals surface area contributed by atoms with Crippen molar-refractivity contribution in [1.82, 2.24) is 4.90 Å². The number of rotatable bonds is 5. The highest BCUT2D eigenvalue weighted by Crippen LogP contribution is 2.26. The summed E-state index contributed by atoms with van der Waals surface area (Å²) in [6, 6.07) is 0.0350. The molecule has 4 nitrogen and oxygen atoms in total. The van der Waals surface area contributed by atoms with E-state index in [1.54, 1.807) is 0 Å². The van der Waals surface area contributed by atoms with Gasteiger partial charge in [0, 0.05) is 12.6 Å². The van der Waals surface area contributed by atoms with Crippen LogP contribution in [0.4, 0.5) is 0 Å². The van der Waals surface area contributed by atoms with Crippen molar-refractivity contribution >= 4 is 5.97 Å². The molecule has 1 saturated heterocycles. The maximum absolute atomic E-state index is 11.1. The van der Waals surface area contributed by atoms with Crippen LogP contribution in [0, 0.1) is 5.92 Å². The third-order valence-corrected chi connectivity index (χ3v) is 3.29. The van der Waals surface area contributed by atoms with Gasteiger partial charge in [-0.1, -0.05) is 13.3 Å². The van der Waals surface area contributed by atoms with Crippen molar-refractivity contribution < 1.29 is 9.90 Å². The Morgan fingerprint density at radius 3 is 2.73 bits per heavy atom. The van der Waals surface area contributed by atoms with E-state index in [-0.39, 0.29) is 6.04 Å². The Bertz CT molecular complexity index is 221. The molecule has 0 aromatic carbocycles. The quantitative estimate of drug-likeness (QED) is 0.714. The minimum atomic E-state index is -0.693. The fraction of sp³-hybridized carbons (Fsp3) is 0.909. The maximum atomic E-state index is 11.1. The molecule has 88 valence electrons. The predicted molar refractivity (Wildman–Crippen MR) is 59.7 cm³/mol. The molecule has 1 aliphatic rings. The van der Waals surface area contributed by atoms with Crippen molar-refractivity contribution in [2.75, 3.05) is 13.1 Å². The van der Waals surface area contributed by atoms with E-state index in [1.807, 2.05) is 6.92 Å². The third-order valence-electron chi connectivity index (χ3n) is 3.29. The summed E-state index contributed by atoms with van der Waals surface area (Å²) in [7, 11) is 0. The van der Waals surface area contributed by atoms with Gasteiger partial charge in [0.25, 0.3) is 0 Å². The largest absolute Gasteiger partial charge is 0.480 e. The Morgan fingerprint density at radius 1 is 1.67 bits per heavy atom. The summed E-state index contributed by atoms with van der Waals surface area (Å²) in [5, 5.41) is 9.17. The fourth-order valence-corrected chi connectivity index (χ4v) is 2.48. The molecule has 3 atom stereocenters. The highest BCUT2D eigenvalue weighted by Gasteiger charge is 2.35. The van der Waals surface area contributed by atoms with Gasteiger partial charge in [0.1, 0.15) is 6.04 Å². The average Bonchev–Trinajstić information content (AvgIpc) is 2.55. The van der Waals surface area contributed by atoms with Crippen molar-refractivity contribution in [2.45, 2.75) is 45.2 Å². The van der Waals surface area contributed by atoms with E-state index in [4.69, 9.17) is 10.8 Å². The molecule has 3 N–H and O–H groups in total. The van der Waals surface area contributed by atoms with E-state index < -0.39 is 5.97 Å². The van der Waals surface area contributed by atoms with Gasteiger partial charge in [-0.3, -0.25) is 9.69 Å². The van der Waals surface area contributed by atoms with Gasteiger partial charge < -0.3 is 10.8 Å². The van der Waals surface area contributed by atoms with Gasteiger partial charge in [-0.05, 0) is 32.2 Å². The molecule has 3 unspecified atom stereocenters. The van der Waals surface area contributed by atoms with Gasteiger partial charge in [-0.25, -0.2) is 0 Å². The summed E-state index contributed by atoms with van der Waals surface area (Å²) in [6.45, 7) is 5.63. The van der Waals surface area contributed by atoms with Gasteiger partial charge in [-0.15, -0.1) is 0 Å². The molecular weight excluding hydrogens is 192 g/mol. The molecule has 1 rings (SSSR count). The molecule has 0 radical (unpaired) electrons. The topological polar surface area (TPSA) is 66.6 Å². The Kier molecular flexibility index (Phi) is 4.54. The van der Waals surface area contributed by atoms with Gasteiger partial charge >= 0.3 is 5.97 Å². The van der Waals surface area contributed by atoms with Crippen molar-refractivity contribution in [3.63, 3.8) is 0 Å². The van der Waals surface area contributed by atoms with Crippen molar-refractivity contribution in [3.8, 4) is 0 Å². The minimum Gasteiger partial charge on any atom is -0.480 e. The molecule has 0 saturated carbocycles. The second-order valence-electron chi connectivity index (χ2n) is 4.53. The Labute approximate surface area is 91.4 Å². The van der Waals surface area contributed by atoms with Crippen LogP contribution >= 0.6 is 0 Å². The fourth-order valence-electron chi connectivity index (χ4n) is 2.48. The number of hydrogen-bond acceptors (Lipinski definition) is 3. The monoisotopic (exact) mass is 214 g/mol. The average molecular weight is 214 g/mol. The minimum absolute atomic E-state index is 0.318. The number of aliphatic carboxylic acids is 1. The molecular formula is C11H22N2O2. The molecule has 1 fully saturated rings. The first-order valence-electron chi connectivity index (χ1n) is 5.78. The van der Waals surface area contributed by atoms with Crippen LogP contribution in [0.1, 0.15) is 33.1 Å². The lowest BCUT2D eigenvalue weighted by molar-refractivity contribution is -0.144. The number of hydrogen-bond donors (Lipinski definition) is 2. The second kappa shape index (κ2) is 5.47. The van der Waals surface area contributed by atoms with E-state index in [9.17, 15) is 4.79 Å². The molecule has 15 heavy (non-hydrogen) atoms. The molecule has 1 aliphatic heterocycles. The van der Waals surface area contributed by atoms with E-state index >= 15 is 0 Å². The van der Waals surface area contributed by atoms with E-state index in [0.717, 1.165) is 25.8 Å². The molecule has 0 spiro atoms. The lowest BCUT2D eigenvalue weighted by Crippen LogP contribution is -2.43. The van der Waals surface area contributed by atoms with Gasteiger partial charge in [0.15, 0.2) is 0 Å². The third kappa shape index (κ3) is 2.92. The van der Waals surface area contributed by atoms with E-state index in [0.29, 0.717) is 18.5 Å².